The van der Waals surface area contributed by atoms with Crippen LogP contribution in [0.3, 0.4) is 0 Å². The molecule has 0 amide bonds. The predicted molar refractivity (Wildman–Crippen MR) is 97.4 cm³/mol. The number of nitrogens with zero attached hydrogens (tertiary/aromatic N) is 2. The topological polar surface area (TPSA) is 49.3 Å². The molecule has 1 saturated carbocycles. The summed E-state index contributed by atoms with van der Waals surface area (Å²) in [6.07, 6.45) is 2.70. The van der Waals surface area contributed by atoms with Crippen LogP contribution in [-0.4, -0.2) is 23.5 Å². The van der Waals surface area contributed by atoms with Crippen LogP contribution < -0.4 is 10.6 Å². The van der Waals surface area contributed by atoms with Crippen molar-refractivity contribution >= 4 is 28.9 Å². The number of aromatic nitrogens is 1. The van der Waals surface area contributed by atoms with Crippen LogP contribution >= 0.6 is 22.9 Å². The van der Waals surface area contributed by atoms with Crippen LogP contribution in [0.5, 0.6) is 0 Å². The van der Waals surface area contributed by atoms with Crippen molar-refractivity contribution in [1.82, 2.24) is 15.6 Å². The Kier molecular flexibility index (Phi) is 5.36. The molecule has 0 bridgehead atoms. The summed E-state index contributed by atoms with van der Waals surface area (Å²) in [6.45, 7) is 5.34. The molecule has 0 saturated heterocycles. The molecule has 4 nitrogen and oxygen atoms in total. The molecule has 1 aliphatic carbocycles. The lowest BCUT2D eigenvalue weighted by Gasteiger charge is -2.11. The van der Waals surface area contributed by atoms with Crippen LogP contribution in [0.1, 0.15) is 34.7 Å². The summed E-state index contributed by atoms with van der Waals surface area (Å²) in [5.74, 6) is 0.576. The van der Waals surface area contributed by atoms with Gasteiger partial charge in [-0.25, -0.2) is 14.4 Å². The van der Waals surface area contributed by atoms with Crippen LogP contribution in [0.4, 0.5) is 4.39 Å². The fourth-order valence-electron chi connectivity index (χ4n) is 2.66. The van der Waals surface area contributed by atoms with Gasteiger partial charge < -0.3 is 10.6 Å². The van der Waals surface area contributed by atoms with E-state index in [1.165, 1.54) is 10.9 Å². The first-order valence-electron chi connectivity index (χ1n) is 7.98. The molecule has 1 fully saturated rings. The summed E-state index contributed by atoms with van der Waals surface area (Å²) < 4.78 is 14.0. The van der Waals surface area contributed by atoms with Crippen LogP contribution in [0, 0.1) is 12.7 Å². The van der Waals surface area contributed by atoms with Crippen molar-refractivity contribution in [2.24, 2.45) is 4.99 Å². The smallest absolute Gasteiger partial charge is 0.191 e. The van der Waals surface area contributed by atoms with E-state index in [0.717, 1.165) is 23.9 Å². The minimum atomic E-state index is -0.239. The summed E-state index contributed by atoms with van der Waals surface area (Å²) in [7, 11) is 0. The second kappa shape index (κ2) is 7.49. The Balaban J connectivity index is 1.65. The van der Waals surface area contributed by atoms with Gasteiger partial charge in [0.25, 0.3) is 0 Å². The second-order valence-electron chi connectivity index (χ2n) is 5.79. The highest BCUT2D eigenvalue weighted by Crippen LogP contribution is 2.44. The molecule has 1 aromatic heterocycles. The Labute approximate surface area is 150 Å². The normalized spacial score (nSPS) is 20.1. The molecule has 2 atom stereocenters. The zero-order valence-corrected chi connectivity index (χ0v) is 15.2. The average molecular weight is 367 g/mol. The molecule has 1 aliphatic rings. The van der Waals surface area contributed by atoms with Gasteiger partial charge in [-0.1, -0.05) is 17.7 Å². The molecule has 128 valence electrons. The molecule has 3 rings (SSSR count). The summed E-state index contributed by atoms with van der Waals surface area (Å²) in [4.78, 5) is 10.1. The molecule has 2 unspecified atom stereocenters. The monoisotopic (exact) mass is 366 g/mol. The van der Waals surface area contributed by atoms with Gasteiger partial charge in [0, 0.05) is 40.2 Å². The van der Waals surface area contributed by atoms with Crippen molar-refractivity contribution in [3.8, 4) is 0 Å². The number of thiazole rings is 1. The van der Waals surface area contributed by atoms with E-state index in [0.29, 0.717) is 17.1 Å². The number of benzene rings is 1. The van der Waals surface area contributed by atoms with Crippen molar-refractivity contribution in [3.05, 3.63) is 50.7 Å². The SMILES string of the molecule is CCNC(=NCc1ncc(C)s1)NC1CC1c1c(F)cccc1Cl. The van der Waals surface area contributed by atoms with Crippen molar-refractivity contribution in [1.29, 1.82) is 0 Å². The van der Waals surface area contributed by atoms with E-state index in [1.54, 1.807) is 23.5 Å². The number of nitrogens with one attached hydrogen (secondary N) is 2. The molecule has 2 N–H and O–H groups in total. The summed E-state index contributed by atoms with van der Waals surface area (Å²) in [5, 5.41) is 8.05. The quantitative estimate of drug-likeness (QED) is 0.624. The molecule has 0 spiro atoms. The maximum Gasteiger partial charge on any atom is 0.191 e. The van der Waals surface area contributed by atoms with Crippen LogP contribution in [-0.2, 0) is 6.54 Å². The molecule has 0 aliphatic heterocycles. The van der Waals surface area contributed by atoms with E-state index in [9.17, 15) is 4.39 Å². The van der Waals surface area contributed by atoms with Crippen LogP contribution in [0.25, 0.3) is 0 Å². The van der Waals surface area contributed by atoms with Gasteiger partial charge in [0.15, 0.2) is 5.96 Å². The van der Waals surface area contributed by atoms with Crippen LogP contribution in [0.2, 0.25) is 5.02 Å². The molecular weight excluding hydrogens is 347 g/mol. The first kappa shape index (κ1) is 17.2. The van der Waals surface area contributed by atoms with Gasteiger partial charge in [0.1, 0.15) is 10.8 Å². The second-order valence-corrected chi connectivity index (χ2v) is 7.51. The molecule has 24 heavy (non-hydrogen) atoms. The third-order valence-corrected chi connectivity index (χ3v) is 5.10. The highest BCUT2D eigenvalue weighted by Gasteiger charge is 2.41. The van der Waals surface area contributed by atoms with Crippen molar-refractivity contribution in [2.75, 3.05) is 6.54 Å². The Morgan fingerprint density at radius 3 is 3.00 bits per heavy atom. The van der Waals surface area contributed by atoms with Crippen molar-refractivity contribution < 1.29 is 4.39 Å². The molecule has 0 radical (unpaired) electrons. The van der Waals surface area contributed by atoms with E-state index in [4.69, 9.17) is 11.6 Å². The first-order valence-corrected chi connectivity index (χ1v) is 9.18. The molecule has 7 heteroatoms. The molecule has 2 aromatic rings. The number of guanidine groups is 1. The number of aryl methyl sites for hydroxylation is 1. The number of halogens is 2. The first-order chi connectivity index (χ1) is 11.6. The molecule has 1 heterocycles. The van der Waals surface area contributed by atoms with Gasteiger partial charge in [-0.2, -0.15) is 0 Å². The zero-order valence-electron chi connectivity index (χ0n) is 13.6. The Morgan fingerprint density at radius 1 is 1.50 bits per heavy atom. The van der Waals surface area contributed by atoms with Gasteiger partial charge in [-0.05, 0) is 32.4 Å². The lowest BCUT2D eigenvalue weighted by atomic mass is 10.1. The van der Waals surface area contributed by atoms with E-state index in [-0.39, 0.29) is 17.8 Å². The van der Waals surface area contributed by atoms with Crippen molar-refractivity contribution in [2.45, 2.75) is 38.8 Å². The van der Waals surface area contributed by atoms with Gasteiger partial charge >= 0.3 is 0 Å². The minimum Gasteiger partial charge on any atom is -0.357 e. The highest BCUT2D eigenvalue weighted by atomic mass is 35.5. The van der Waals surface area contributed by atoms with Gasteiger partial charge in [0.05, 0.1) is 6.54 Å². The minimum absolute atomic E-state index is 0.0877. The Hall–Kier alpha value is -1.66. The Bertz CT molecular complexity index is 726. The maximum absolute atomic E-state index is 14.0. The Morgan fingerprint density at radius 2 is 2.33 bits per heavy atom. The third kappa shape index (κ3) is 4.05. The zero-order chi connectivity index (χ0) is 17.1. The lowest BCUT2D eigenvalue weighted by Crippen LogP contribution is -2.39. The predicted octanol–water partition coefficient (Wildman–Crippen LogP) is 3.86. The van der Waals surface area contributed by atoms with Gasteiger partial charge in [-0.3, -0.25) is 0 Å². The van der Waals surface area contributed by atoms with Gasteiger partial charge in [0.2, 0.25) is 0 Å². The highest BCUT2D eigenvalue weighted by molar-refractivity contribution is 7.11. The fourth-order valence-corrected chi connectivity index (χ4v) is 3.67. The molecule has 1 aromatic carbocycles. The van der Waals surface area contributed by atoms with E-state index < -0.39 is 0 Å². The van der Waals surface area contributed by atoms with E-state index >= 15 is 0 Å². The lowest BCUT2D eigenvalue weighted by molar-refractivity contribution is 0.608. The number of aliphatic imine (C=N–C) groups is 1. The van der Waals surface area contributed by atoms with Crippen LogP contribution in [0.15, 0.2) is 29.4 Å². The van der Waals surface area contributed by atoms with Crippen molar-refractivity contribution in [3.63, 3.8) is 0 Å². The number of hydrogen-bond donors (Lipinski definition) is 2. The van der Waals surface area contributed by atoms with Gasteiger partial charge in [-0.15, -0.1) is 11.3 Å². The number of rotatable bonds is 5. The summed E-state index contributed by atoms with van der Waals surface area (Å²) in [5.41, 5.74) is 0.600. The number of hydrogen-bond acceptors (Lipinski definition) is 3. The third-order valence-electron chi connectivity index (χ3n) is 3.87. The summed E-state index contributed by atoms with van der Waals surface area (Å²) in [6, 6.07) is 4.98. The summed E-state index contributed by atoms with van der Waals surface area (Å²) >= 11 is 7.79. The largest absolute Gasteiger partial charge is 0.357 e. The molecular formula is C17H20ClFN4S. The average Bonchev–Trinajstić information content (AvgIpc) is 3.15. The van der Waals surface area contributed by atoms with E-state index in [2.05, 4.69) is 20.6 Å². The maximum atomic E-state index is 14.0. The fraction of sp³-hybridized carbons (Fsp3) is 0.412. The standard InChI is InChI=1S/C17H20ClFN4S/c1-3-20-17(22-9-15-21-8-10(2)24-15)23-14-7-11(14)16-12(18)5-4-6-13(16)19/h4-6,8,11,14H,3,7,9H2,1-2H3,(H2,20,22,23). The van der Waals surface area contributed by atoms with E-state index in [1.807, 2.05) is 20.0 Å².